The van der Waals surface area contributed by atoms with Crippen molar-refractivity contribution in [1.29, 1.82) is 0 Å². The quantitative estimate of drug-likeness (QED) is 0.431. The first-order chi connectivity index (χ1) is 10.6. The van der Waals surface area contributed by atoms with Crippen LogP contribution in [0.25, 0.3) is 0 Å². The minimum absolute atomic E-state index is 0.126. The molecule has 0 saturated carbocycles. The van der Waals surface area contributed by atoms with E-state index in [1.165, 1.54) is 30.6 Å². The summed E-state index contributed by atoms with van der Waals surface area (Å²) in [6.07, 6.45) is 4.13. The maximum absolute atomic E-state index is 11.6. The van der Waals surface area contributed by atoms with Crippen molar-refractivity contribution in [2.24, 2.45) is 5.10 Å². The molecule has 1 heterocycles. The molecule has 1 amide bonds. The number of aromatic hydroxyl groups is 2. The maximum atomic E-state index is 11.6. The van der Waals surface area contributed by atoms with Gasteiger partial charge in [-0.3, -0.25) is 9.78 Å². The van der Waals surface area contributed by atoms with Gasteiger partial charge in [-0.25, -0.2) is 5.43 Å². The van der Waals surface area contributed by atoms with Crippen LogP contribution in [-0.4, -0.2) is 27.3 Å². The van der Waals surface area contributed by atoms with Gasteiger partial charge in [0.15, 0.2) is 0 Å². The Bertz CT molecular complexity index is 621. The second kappa shape index (κ2) is 10.0. The van der Waals surface area contributed by atoms with E-state index in [0.717, 1.165) is 0 Å². The first kappa shape index (κ1) is 18.3. The van der Waals surface area contributed by atoms with E-state index in [9.17, 15) is 15.0 Å². The topological polar surface area (TPSA) is 94.8 Å². The van der Waals surface area contributed by atoms with Crippen LogP contribution in [0.2, 0.25) is 0 Å². The van der Waals surface area contributed by atoms with Crippen LogP contribution in [0.5, 0.6) is 11.5 Å². The van der Waals surface area contributed by atoms with E-state index >= 15 is 0 Å². The number of phenols is 2. The molecule has 0 aliphatic carbocycles. The predicted octanol–water partition coefficient (Wildman–Crippen LogP) is 2.63. The Morgan fingerprint density at radius 1 is 1.23 bits per heavy atom. The fraction of sp³-hybridized carbons (Fsp3) is 0. The van der Waals surface area contributed by atoms with Crippen molar-refractivity contribution >= 4 is 32.3 Å². The molecule has 0 saturated heterocycles. The van der Waals surface area contributed by atoms with Gasteiger partial charge in [-0.15, -0.1) is 0 Å². The summed E-state index contributed by atoms with van der Waals surface area (Å²) in [6, 6.07) is 7.53. The van der Waals surface area contributed by atoms with E-state index in [-0.39, 0.29) is 30.2 Å². The summed E-state index contributed by atoms with van der Waals surface area (Å²) < 4.78 is 0. The van der Waals surface area contributed by atoms with Crippen LogP contribution >= 0.6 is 20.2 Å². The van der Waals surface area contributed by atoms with Gasteiger partial charge in [0.05, 0.1) is 17.3 Å². The average molecular weight is 384 g/mol. The molecule has 2 aromatic rings. The molecule has 118 valence electrons. The minimum atomic E-state index is -0.431. The van der Waals surface area contributed by atoms with Gasteiger partial charge in [-0.1, -0.05) is 6.07 Å². The number of hydrazone groups is 1. The Kier molecular flexibility index (Phi) is 8.32. The number of aromatic nitrogens is 1. The SMILES string of the molecule is O=C(N/N=C/c1c(O)cccc1O)c1cccnc1.[Cl][Fe][Cl]. The molecule has 9 heteroatoms. The number of halogens is 2. The molecule has 3 N–H and O–H groups in total. The number of benzene rings is 1. The van der Waals surface area contributed by atoms with Crippen LogP contribution in [0.3, 0.4) is 0 Å². The fourth-order valence-electron chi connectivity index (χ4n) is 1.39. The summed E-state index contributed by atoms with van der Waals surface area (Å²) >= 11 is 0.194. The summed E-state index contributed by atoms with van der Waals surface area (Å²) in [4.78, 5) is 15.4. The van der Waals surface area contributed by atoms with Crippen molar-refractivity contribution in [3.05, 3.63) is 53.9 Å². The third-order valence-electron chi connectivity index (χ3n) is 2.34. The Labute approximate surface area is 141 Å². The van der Waals surface area contributed by atoms with Crippen molar-refractivity contribution in [2.45, 2.75) is 0 Å². The average Bonchev–Trinajstić information content (AvgIpc) is 2.52. The van der Waals surface area contributed by atoms with E-state index in [0.29, 0.717) is 5.56 Å². The number of phenolic OH excluding ortho intramolecular Hbond substituents is 2. The van der Waals surface area contributed by atoms with Crippen LogP contribution in [0.1, 0.15) is 15.9 Å². The standard InChI is InChI=1S/C13H11N3O3.2ClH.Fe/c17-11-4-1-5-12(18)10(11)8-15-16-13(19)9-3-2-6-14-7-9;;;/h1-8,17-18H,(H,16,19);2*1H;/q;;;+2/p-2/b15-8+;;;. The predicted molar refractivity (Wildman–Crippen MR) is 80.8 cm³/mol. The van der Waals surface area contributed by atoms with Gasteiger partial charge in [0.1, 0.15) is 11.5 Å². The van der Waals surface area contributed by atoms with Crippen molar-refractivity contribution in [1.82, 2.24) is 10.4 Å². The van der Waals surface area contributed by atoms with Crippen LogP contribution in [0.15, 0.2) is 47.8 Å². The third kappa shape index (κ3) is 5.91. The van der Waals surface area contributed by atoms with E-state index in [4.69, 9.17) is 20.2 Å². The fourth-order valence-corrected chi connectivity index (χ4v) is 1.39. The van der Waals surface area contributed by atoms with E-state index in [2.05, 4.69) is 15.5 Å². The summed E-state index contributed by atoms with van der Waals surface area (Å²) in [5.41, 5.74) is 2.77. The van der Waals surface area contributed by atoms with Crippen molar-refractivity contribution in [3.8, 4) is 11.5 Å². The second-order valence-electron chi connectivity index (χ2n) is 3.70. The number of carbonyl (C=O) groups is 1. The van der Waals surface area contributed by atoms with Gasteiger partial charge in [0.25, 0.3) is 5.91 Å². The van der Waals surface area contributed by atoms with Gasteiger partial charge < -0.3 is 10.2 Å². The molecule has 0 aliphatic heterocycles. The van der Waals surface area contributed by atoms with Crippen LogP contribution < -0.4 is 5.43 Å². The Morgan fingerprint density at radius 3 is 2.41 bits per heavy atom. The Hall–Kier alpha value is -1.79. The van der Waals surface area contributed by atoms with Gasteiger partial charge in [0.2, 0.25) is 0 Å². The number of nitrogens with one attached hydrogen (secondary N) is 1. The zero-order valence-electron chi connectivity index (χ0n) is 10.9. The molecule has 0 atom stereocenters. The first-order valence-corrected chi connectivity index (χ1v) is 8.73. The summed E-state index contributed by atoms with van der Waals surface area (Å²) in [5.74, 6) is -0.682. The van der Waals surface area contributed by atoms with Crippen molar-refractivity contribution < 1.29 is 28.1 Å². The molecule has 0 unspecified atom stereocenters. The normalized spacial score (nSPS) is 10.1. The monoisotopic (exact) mass is 383 g/mol. The number of rotatable bonds is 3. The molecule has 0 aliphatic rings. The van der Waals surface area contributed by atoms with Gasteiger partial charge >= 0.3 is 33.3 Å². The Balaban J connectivity index is 0.000000745. The van der Waals surface area contributed by atoms with Gasteiger partial charge in [-0.2, -0.15) is 5.10 Å². The number of nitrogens with zero attached hydrogens (tertiary/aromatic N) is 2. The van der Waals surface area contributed by atoms with Crippen LogP contribution in [0.4, 0.5) is 0 Å². The van der Waals surface area contributed by atoms with Crippen molar-refractivity contribution in [2.75, 3.05) is 0 Å². The molecule has 0 spiro atoms. The van der Waals surface area contributed by atoms with Gasteiger partial charge in [-0.05, 0) is 24.3 Å². The van der Waals surface area contributed by atoms with Crippen molar-refractivity contribution in [3.63, 3.8) is 0 Å². The summed E-state index contributed by atoms with van der Waals surface area (Å²) in [7, 11) is 9.53. The Morgan fingerprint density at radius 2 is 1.86 bits per heavy atom. The summed E-state index contributed by atoms with van der Waals surface area (Å²) in [6.45, 7) is 0. The number of amides is 1. The van der Waals surface area contributed by atoms with E-state index in [1.54, 1.807) is 18.3 Å². The number of pyridine rings is 1. The van der Waals surface area contributed by atoms with E-state index < -0.39 is 5.91 Å². The summed E-state index contributed by atoms with van der Waals surface area (Å²) in [5, 5.41) is 22.7. The second-order valence-corrected chi connectivity index (χ2v) is 5.53. The number of carbonyl (C=O) groups excluding carboxylic acids is 1. The van der Waals surface area contributed by atoms with Gasteiger partial charge in [0, 0.05) is 12.4 Å². The molecular formula is C13H11Cl2FeN3O3. The molecule has 0 bridgehead atoms. The van der Waals surface area contributed by atoms with E-state index in [1.807, 2.05) is 0 Å². The number of hydrogen-bond donors (Lipinski definition) is 3. The molecule has 2 rings (SSSR count). The molecule has 0 fully saturated rings. The molecular weight excluding hydrogens is 373 g/mol. The molecule has 1 aromatic carbocycles. The third-order valence-corrected chi connectivity index (χ3v) is 2.34. The molecule has 6 nitrogen and oxygen atoms in total. The molecule has 1 aromatic heterocycles. The first-order valence-electron chi connectivity index (χ1n) is 5.69. The molecule has 22 heavy (non-hydrogen) atoms. The zero-order valence-corrected chi connectivity index (χ0v) is 13.5. The zero-order chi connectivity index (χ0) is 16.4. The number of hydrogen-bond acceptors (Lipinski definition) is 5. The van der Waals surface area contributed by atoms with Crippen LogP contribution in [-0.2, 0) is 13.1 Å². The van der Waals surface area contributed by atoms with Crippen LogP contribution in [0, 0.1) is 0 Å². The molecule has 0 radical (unpaired) electrons.